The molecule has 0 aromatic carbocycles. The molecule has 560 valence electrons. The number of allylic oxidation sites excluding steroid dienone is 12. The third-order valence-electron chi connectivity index (χ3n) is 18.7. The van der Waals surface area contributed by atoms with Gasteiger partial charge in [-0.15, -0.1) is 0 Å². The van der Waals surface area contributed by atoms with E-state index in [9.17, 15) is 19.5 Å². The number of unbranched alkanes of at least 4 members (excludes halogenated alkanes) is 51. The number of nitrogens with zero attached hydrogens (tertiary/aromatic N) is 1. The smallest absolute Gasteiger partial charge is 0.306 e. The van der Waals surface area contributed by atoms with Crippen LogP contribution in [-0.2, 0) is 33.3 Å². The fourth-order valence-electron chi connectivity index (χ4n) is 12.4. The summed E-state index contributed by atoms with van der Waals surface area (Å²) >= 11 is 0. The van der Waals surface area contributed by atoms with Gasteiger partial charge in [-0.05, 0) is 64.2 Å². The normalized spacial score (nSPS) is 13.0. The number of carbonyl (C=O) groups excluding carboxylic acids is 3. The number of ether oxygens (including phenoxy) is 4. The van der Waals surface area contributed by atoms with Gasteiger partial charge in [0.1, 0.15) is 13.2 Å². The molecule has 2 unspecified atom stereocenters. The molecule has 0 heterocycles. The summed E-state index contributed by atoms with van der Waals surface area (Å²) in [5.41, 5.74) is 0. The minimum atomic E-state index is -1.62. The Bertz CT molecular complexity index is 1810. The second kappa shape index (κ2) is 77.5. The van der Waals surface area contributed by atoms with Gasteiger partial charge in [0.15, 0.2) is 12.4 Å². The first kappa shape index (κ1) is 92.7. The van der Waals surface area contributed by atoms with Crippen LogP contribution in [0.2, 0.25) is 0 Å². The number of esters is 2. The molecule has 0 aliphatic rings. The van der Waals surface area contributed by atoms with E-state index in [-0.39, 0.29) is 32.2 Å². The Morgan fingerprint density at radius 1 is 0.323 bits per heavy atom. The van der Waals surface area contributed by atoms with Crippen molar-refractivity contribution in [3.05, 3.63) is 72.9 Å². The highest BCUT2D eigenvalue weighted by atomic mass is 16.7. The van der Waals surface area contributed by atoms with E-state index in [1.54, 1.807) is 0 Å². The van der Waals surface area contributed by atoms with Gasteiger partial charge in [0, 0.05) is 12.8 Å². The zero-order valence-electron chi connectivity index (χ0n) is 64.3. The summed E-state index contributed by atoms with van der Waals surface area (Å²) in [7, 11) is 5.95. The molecule has 0 rings (SSSR count). The maximum atomic E-state index is 13.0. The SMILES string of the molecule is CC/C=C\C/C=C\C/C=C\C/C=C\C/C=C\C/C=C\CCCCCCCCCCCCCCCCC(=O)OC(COC(=O)CCCCCCCCCCCCCCCCCCCCCCCCCCCCCCCCCCCCCCCC)COC(OCC[N+](C)(C)C)C(=O)[O-]. The number of hydrogen-bond donors (Lipinski definition) is 0. The predicted octanol–water partition coefficient (Wildman–Crippen LogP) is 25.4. The van der Waals surface area contributed by atoms with E-state index < -0.39 is 24.3 Å². The quantitative estimate of drug-likeness (QED) is 0.0195. The number of aliphatic carboxylic acids is 1. The number of likely N-dealkylation sites (N-methyl/N-ethyl adjacent to an activating group) is 1. The molecule has 0 bridgehead atoms. The summed E-state index contributed by atoms with van der Waals surface area (Å²) in [4.78, 5) is 37.6. The molecule has 0 saturated heterocycles. The van der Waals surface area contributed by atoms with Gasteiger partial charge in [0.2, 0.25) is 0 Å². The molecular weight excluding hydrogens is 1190 g/mol. The van der Waals surface area contributed by atoms with Crippen LogP contribution in [0.5, 0.6) is 0 Å². The van der Waals surface area contributed by atoms with Crippen LogP contribution < -0.4 is 5.11 Å². The van der Waals surface area contributed by atoms with E-state index >= 15 is 0 Å². The van der Waals surface area contributed by atoms with E-state index in [0.29, 0.717) is 23.9 Å². The number of hydrogen-bond acceptors (Lipinski definition) is 8. The Morgan fingerprint density at radius 2 is 0.594 bits per heavy atom. The summed E-state index contributed by atoms with van der Waals surface area (Å²) in [6, 6.07) is 0. The highest BCUT2D eigenvalue weighted by molar-refractivity contribution is 5.70. The van der Waals surface area contributed by atoms with Crippen molar-refractivity contribution >= 4 is 17.9 Å². The Labute approximate surface area is 596 Å². The molecule has 9 nitrogen and oxygen atoms in total. The lowest BCUT2D eigenvalue weighted by molar-refractivity contribution is -0.870. The Hall–Kier alpha value is -3.27. The number of carboxylic acids is 1. The average Bonchev–Trinajstić information content (AvgIpc) is 2.40. The second-order valence-corrected chi connectivity index (χ2v) is 29.4. The van der Waals surface area contributed by atoms with E-state index in [1.807, 2.05) is 21.1 Å². The lowest BCUT2D eigenvalue weighted by Crippen LogP contribution is -2.44. The number of rotatable bonds is 78. The molecule has 96 heavy (non-hydrogen) atoms. The Balaban J connectivity index is 3.96. The topological polar surface area (TPSA) is 111 Å². The summed E-state index contributed by atoms with van der Waals surface area (Å²) in [6.07, 6.45) is 102. The van der Waals surface area contributed by atoms with Crippen LogP contribution in [0.4, 0.5) is 0 Å². The number of carboxylic acid groups (broad SMARTS) is 1. The first-order chi connectivity index (χ1) is 47.1. The molecule has 0 aromatic heterocycles. The second-order valence-electron chi connectivity index (χ2n) is 29.4. The van der Waals surface area contributed by atoms with E-state index in [1.165, 1.54) is 295 Å². The van der Waals surface area contributed by atoms with Gasteiger partial charge in [-0.25, -0.2) is 0 Å². The fraction of sp³-hybridized carbons (Fsp3) is 0.828. The van der Waals surface area contributed by atoms with E-state index in [2.05, 4.69) is 86.8 Å². The zero-order valence-corrected chi connectivity index (χ0v) is 64.3. The third kappa shape index (κ3) is 78.1. The van der Waals surface area contributed by atoms with Crippen LogP contribution in [0.25, 0.3) is 0 Å². The number of carbonyl (C=O) groups is 3. The molecule has 2 atom stereocenters. The molecule has 9 heteroatoms. The van der Waals surface area contributed by atoms with Crippen LogP contribution in [0.1, 0.15) is 406 Å². The molecule has 0 aliphatic heterocycles. The predicted molar refractivity (Wildman–Crippen MR) is 412 cm³/mol. The number of quaternary nitrogens is 1. The van der Waals surface area contributed by atoms with Crippen LogP contribution in [-0.4, -0.2) is 82.3 Å². The van der Waals surface area contributed by atoms with Crippen LogP contribution in [0, 0.1) is 0 Å². The standard InChI is InChI=1S/C87H159NO8/c1-6-8-10-12-14-16-18-20-22-24-26-28-30-32-34-36-38-40-41-42-43-44-46-47-49-51-53-55-57-59-61-63-65-67-69-71-73-75-77-84(89)94-81-83(82-95-87(86(91)92)93-80-79-88(3,4)5)96-85(90)78-76-74-72-70-68-66-64-62-60-58-56-54-52-50-48-45-39-37-35-33-31-29-27-25-23-21-19-17-15-13-11-9-7-2/h9,11,15,17,21,23,27,29,33,35,39,45,83,87H,6-8,10,12-14,16,18-20,22,24-26,28,30-32,34,36-38,40-44,46-82H2,1-5H3/b11-9-,17-15-,23-21-,29-27-,35-33-,45-39-. The molecular formula is C87H159NO8. The van der Waals surface area contributed by atoms with Crippen molar-refractivity contribution in [1.82, 2.24) is 0 Å². The van der Waals surface area contributed by atoms with Crippen molar-refractivity contribution in [1.29, 1.82) is 0 Å². The van der Waals surface area contributed by atoms with Crippen molar-refractivity contribution in [3.8, 4) is 0 Å². The van der Waals surface area contributed by atoms with Gasteiger partial charge < -0.3 is 33.3 Å². The van der Waals surface area contributed by atoms with Crippen LogP contribution in [0.3, 0.4) is 0 Å². The molecule has 0 N–H and O–H groups in total. The van der Waals surface area contributed by atoms with Crippen molar-refractivity contribution in [3.63, 3.8) is 0 Å². The Kier molecular flexibility index (Phi) is 74.8. The first-order valence-electron chi connectivity index (χ1n) is 41.6. The lowest BCUT2D eigenvalue weighted by Gasteiger charge is -2.26. The van der Waals surface area contributed by atoms with Gasteiger partial charge in [-0.1, -0.05) is 401 Å². The summed E-state index contributed by atoms with van der Waals surface area (Å²) < 4.78 is 22.9. The van der Waals surface area contributed by atoms with Gasteiger partial charge in [-0.3, -0.25) is 9.59 Å². The summed E-state index contributed by atoms with van der Waals surface area (Å²) in [6.45, 7) is 4.70. The highest BCUT2D eigenvalue weighted by Crippen LogP contribution is 2.20. The third-order valence-corrected chi connectivity index (χ3v) is 18.7. The van der Waals surface area contributed by atoms with Crippen molar-refractivity contribution in [2.75, 3.05) is 47.5 Å². The van der Waals surface area contributed by atoms with Crippen molar-refractivity contribution in [2.24, 2.45) is 0 Å². The highest BCUT2D eigenvalue weighted by Gasteiger charge is 2.22. The van der Waals surface area contributed by atoms with Crippen molar-refractivity contribution < 1.29 is 42.9 Å². The van der Waals surface area contributed by atoms with Crippen LogP contribution in [0.15, 0.2) is 72.9 Å². The van der Waals surface area contributed by atoms with Gasteiger partial charge >= 0.3 is 11.9 Å². The molecule has 0 amide bonds. The lowest BCUT2D eigenvalue weighted by atomic mass is 10.0. The molecule has 0 aliphatic carbocycles. The molecule has 0 saturated carbocycles. The maximum absolute atomic E-state index is 13.0. The molecule has 0 aromatic rings. The largest absolute Gasteiger partial charge is 0.545 e. The molecule has 0 spiro atoms. The maximum Gasteiger partial charge on any atom is 0.306 e. The monoisotopic (exact) mass is 1350 g/mol. The average molecular weight is 1350 g/mol. The minimum absolute atomic E-state index is 0.148. The summed E-state index contributed by atoms with van der Waals surface area (Å²) in [5, 5.41) is 11.9. The summed E-state index contributed by atoms with van der Waals surface area (Å²) in [5.74, 6) is -2.26. The van der Waals surface area contributed by atoms with Gasteiger partial charge in [0.05, 0.1) is 40.3 Å². The Morgan fingerprint density at radius 3 is 0.885 bits per heavy atom. The van der Waals surface area contributed by atoms with E-state index in [0.717, 1.165) is 77.0 Å². The van der Waals surface area contributed by atoms with Gasteiger partial charge in [-0.2, -0.15) is 0 Å². The van der Waals surface area contributed by atoms with Gasteiger partial charge in [0.25, 0.3) is 0 Å². The molecule has 0 fully saturated rings. The molecule has 0 radical (unpaired) electrons. The first-order valence-corrected chi connectivity index (χ1v) is 41.6. The minimum Gasteiger partial charge on any atom is -0.545 e. The van der Waals surface area contributed by atoms with Crippen molar-refractivity contribution in [2.45, 2.75) is 418 Å². The van der Waals surface area contributed by atoms with E-state index in [4.69, 9.17) is 18.9 Å². The fourth-order valence-corrected chi connectivity index (χ4v) is 12.4. The van der Waals surface area contributed by atoms with Crippen LogP contribution >= 0.6 is 0 Å². The zero-order chi connectivity index (χ0) is 69.7.